The van der Waals surface area contributed by atoms with Gasteiger partial charge < -0.3 is 15.2 Å². The minimum atomic E-state index is -0.198. The molecule has 1 aromatic rings. The van der Waals surface area contributed by atoms with Crippen LogP contribution in [-0.4, -0.2) is 43.2 Å². The third-order valence-electron chi connectivity index (χ3n) is 3.15. The Labute approximate surface area is 127 Å². The number of esters is 1. The number of benzene rings is 1. The monoisotopic (exact) mass is 294 g/mol. The van der Waals surface area contributed by atoms with E-state index < -0.39 is 0 Å². The molecule has 0 saturated heterocycles. The van der Waals surface area contributed by atoms with E-state index in [0.29, 0.717) is 26.3 Å². The molecule has 1 aromatic carbocycles. The Morgan fingerprint density at radius 2 is 2.14 bits per heavy atom. The number of carbonyl (C=O) groups is 1. The van der Waals surface area contributed by atoms with Gasteiger partial charge in [0.2, 0.25) is 0 Å². The number of nitrogens with two attached hydrogens (primary N) is 1. The van der Waals surface area contributed by atoms with Crippen molar-refractivity contribution in [3.8, 4) is 5.75 Å². The zero-order valence-corrected chi connectivity index (χ0v) is 13.2. The Bertz CT molecular complexity index is 435. The molecule has 0 bridgehead atoms. The molecule has 0 atom stereocenters. The summed E-state index contributed by atoms with van der Waals surface area (Å²) >= 11 is 0. The van der Waals surface area contributed by atoms with Crippen molar-refractivity contribution >= 4 is 5.97 Å². The normalized spacial score (nSPS) is 11.0. The van der Waals surface area contributed by atoms with Crippen molar-refractivity contribution in [3.05, 3.63) is 29.8 Å². The molecule has 0 aliphatic heterocycles. The highest BCUT2D eigenvalue weighted by Gasteiger charge is 2.14. The first kappa shape index (κ1) is 17.5. The Hall–Kier alpha value is -1.59. The largest absolute Gasteiger partial charge is 0.492 e. The molecule has 0 fully saturated rings. The van der Waals surface area contributed by atoms with Crippen LogP contribution >= 0.6 is 0 Å². The van der Waals surface area contributed by atoms with Crippen molar-refractivity contribution < 1.29 is 14.3 Å². The summed E-state index contributed by atoms with van der Waals surface area (Å²) < 4.78 is 10.7. The molecule has 0 amide bonds. The minimum absolute atomic E-state index is 0.198. The molecular weight excluding hydrogens is 268 g/mol. The summed E-state index contributed by atoms with van der Waals surface area (Å²) in [6, 6.07) is 7.99. The average Bonchev–Trinajstić information content (AvgIpc) is 2.46. The third kappa shape index (κ3) is 6.60. The second-order valence-corrected chi connectivity index (χ2v) is 5.07. The maximum atomic E-state index is 11.6. The zero-order chi connectivity index (χ0) is 15.7. The van der Waals surface area contributed by atoms with Gasteiger partial charge in [0.05, 0.1) is 13.2 Å². The predicted octanol–water partition coefficient (Wildman–Crippen LogP) is 1.80. The number of hydrogen-bond acceptors (Lipinski definition) is 5. The summed E-state index contributed by atoms with van der Waals surface area (Å²) in [5.74, 6) is 0.606. The van der Waals surface area contributed by atoms with Crippen molar-refractivity contribution in [2.45, 2.75) is 33.4 Å². The lowest BCUT2D eigenvalue weighted by Crippen LogP contribution is -2.39. The van der Waals surface area contributed by atoms with E-state index in [9.17, 15) is 4.79 Å². The summed E-state index contributed by atoms with van der Waals surface area (Å²) in [6.07, 6.45) is 0. The lowest BCUT2D eigenvalue weighted by Gasteiger charge is -2.25. The summed E-state index contributed by atoms with van der Waals surface area (Å²) in [7, 11) is 0. The van der Waals surface area contributed by atoms with Gasteiger partial charge in [-0.05, 0) is 38.5 Å². The molecule has 5 heteroatoms. The Balaban J connectivity index is 2.44. The average molecular weight is 294 g/mol. The van der Waals surface area contributed by atoms with Crippen LogP contribution in [0.25, 0.3) is 0 Å². The lowest BCUT2D eigenvalue weighted by molar-refractivity contribution is -0.145. The van der Waals surface area contributed by atoms with E-state index in [1.807, 2.05) is 49.9 Å². The lowest BCUT2D eigenvalue weighted by atomic mass is 10.2. The number of nitrogens with zero attached hydrogens (tertiary/aromatic N) is 1. The molecule has 0 unspecified atom stereocenters. The van der Waals surface area contributed by atoms with Crippen LogP contribution in [0.5, 0.6) is 5.75 Å². The maximum Gasteiger partial charge on any atom is 0.320 e. The Kier molecular flexibility index (Phi) is 7.79. The first-order valence-corrected chi connectivity index (χ1v) is 7.38. The fourth-order valence-electron chi connectivity index (χ4n) is 1.94. The molecule has 0 aliphatic rings. The first-order chi connectivity index (χ1) is 10.1. The Morgan fingerprint density at radius 3 is 2.76 bits per heavy atom. The molecule has 118 valence electrons. The molecule has 2 N–H and O–H groups in total. The van der Waals surface area contributed by atoms with Gasteiger partial charge >= 0.3 is 5.97 Å². The van der Waals surface area contributed by atoms with Crippen LogP contribution < -0.4 is 10.5 Å². The van der Waals surface area contributed by atoms with E-state index in [0.717, 1.165) is 11.3 Å². The quantitative estimate of drug-likeness (QED) is 0.704. The number of ether oxygens (including phenoxy) is 2. The molecule has 21 heavy (non-hydrogen) atoms. The van der Waals surface area contributed by atoms with E-state index in [1.54, 1.807) is 0 Å². The molecule has 1 rings (SSSR count). The van der Waals surface area contributed by atoms with Gasteiger partial charge in [-0.2, -0.15) is 0 Å². The molecule has 0 aromatic heterocycles. The zero-order valence-electron chi connectivity index (χ0n) is 13.2. The minimum Gasteiger partial charge on any atom is -0.492 e. The van der Waals surface area contributed by atoms with Crippen LogP contribution in [0.4, 0.5) is 0 Å². The van der Waals surface area contributed by atoms with Crippen LogP contribution in [0.1, 0.15) is 26.3 Å². The molecule has 0 saturated carbocycles. The number of hydrogen-bond donors (Lipinski definition) is 1. The number of carbonyl (C=O) groups excluding carboxylic acids is 1. The van der Waals surface area contributed by atoms with Gasteiger partial charge in [0, 0.05) is 19.1 Å². The summed E-state index contributed by atoms with van der Waals surface area (Å²) in [5, 5.41) is 0. The van der Waals surface area contributed by atoms with Crippen LogP contribution in [-0.2, 0) is 16.1 Å². The second-order valence-electron chi connectivity index (χ2n) is 5.07. The van der Waals surface area contributed by atoms with E-state index in [-0.39, 0.29) is 18.6 Å². The molecular formula is C16H26N2O3. The van der Waals surface area contributed by atoms with Gasteiger partial charge in [0.1, 0.15) is 12.4 Å². The molecule has 0 radical (unpaired) electrons. The molecule has 0 aliphatic carbocycles. The maximum absolute atomic E-state index is 11.6. The van der Waals surface area contributed by atoms with Crippen molar-refractivity contribution in [1.29, 1.82) is 0 Å². The highest BCUT2D eigenvalue weighted by atomic mass is 16.5. The third-order valence-corrected chi connectivity index (χ3v) is 3.15. The van der Waals surface area contributed by atoms with Crippen LogP contribution in [0.15, 0.2) is 24.3 Å². The van der Waals surface area contributed by atoms with Crippen molar-refractivity contribution in [2.24, 2.45) is 5.73 Å². The van der Waals surface area contributed by atoms with Crippen LogP contribution in [0.2, 0.25) is 0 Å². The number of rotatable bonds is 9. The van der Waals surface area contributed by atoms with Gasteiger partial charge in [-0.3, -0.25) is 9.69 Å². The van der Waals surface area contributed by atoms with Gasteiger partial charge in [0.25, 0.3) is 0 Å². The highest BCUT2D eigenvalue weighted by Crippen LogP contribution is 2.13. The standard InChI is InChI=1S/C16H26N2O3/c1-4-20-16(19)12-18(13(2)3)8-9-21-15-7-5-6-14(10-15)11-17/h5-7,10,13H,4,8-9,11-12,17H2,1-3H3. The SMILES string of the molecule is CCOC(=O)CN(CCOc1cccc(CN)c1)C(C)C. The Morgan fingerprint density at radius 1 is 1.38 bits per heavy atom. The fourth-order valence-corrected chi connectivity index (χ4v) is 1.94. The summed E-state index contributed by atoms with van der Waals surface area (Å²) in [6.45, 7) is 8.30. The van der Waals surface area contributed by atoms with Gasteiger partial charge in [-0.15, -0.1) is 0 Å². The molecule has 0 heterocycles. The fraction of sp³-hybridized carbons (Fsp3) is 0.562. The first-order valence-electron chi connectivity index (χ1n) is 7.38. The summed E-state index contributed by atoms with van der Waals surface area (Å²) in [5.41, 5.74) is 6.64. The highest BCUT2D eigenvalue weighted by molar-refractivity contribution is 5.71. The van der Waals surface area contributed by atoms with E-state index in [1.165, 1.54) is 0 Å². The van der Waals surface area contributed by atoms with Gasteiger partial charge in [-0.25, -0.2) is 0 Å². The van der Waals surface area contributed by atoms with Gasteiger partial charge in [-0.1, -0.05) is 12.1 Å². The van der Waals surface area contributed by atoms with E-state index in [4.69, 9.17) is 15.2 Å². The van der Waals surface area contributed by atoms with Gasteiger partial charge in [0.15, 0.2) is 0 Å². The van der Waals surface area contributed by atoms with E-state index in [2.05, 4.69) is 0 Å². The predicted molar refractivity (Wildman–Crippen MR) is 83.2 cm³/mol. The smallest absolute Gasteiger partial charge is 0.320 e. The second kappa shape index (κ2) is 9.37. The van der Waals surface area contributed by atoms with E-state index >= 15 is 0 Å². The van der Waals surface area contributed by atoms with Crippen molar-refractivity contribution in [1.82, 2.24) is 4.90 Å². The van der Waals surface area contributed by atoms with Crippen LogP contribution in [0.3, 0.4) is 0 Å². The molecule has 0 spiro atoms. The van der Waals surface area contributed by atoms with Crippen molar-refractivity contribution in [3.63, 3.8) is 0 Å². The summed E-state index contributed by atoms with van der Waals surface area (Å²) in [4.78, 5) is 13.6. The van der Waals surface area contributed by atoms with Crippen molar-refractivity contribution in [2.75, 3.05) is 26.3 Å². The topological polar surface area (TPSA) is 64.8 Å². The van der Waals surface area contributed by atoms with Crippen LogP contribution in [0, 0.1) is 0 Å². The molecule has 5 nitrogen and oxygen atoms in total.